The Morgan fingerprint density at radius 3 is 2.88 bits per heavy atom. The minimum atomic E-state index is -0.148. The number of aryl methyl sites for hydroxylation is 1. The highest BCUT2D eigenvalue weighted by atomic mass is 16.3. The number of piperidine rings is 1. The van der Waals surface area contributed by atoms with Crippen molar-refractivity contribution >= 4 is 5.91 Å². The standard InChI is InChI=1S/C18H22N4O2/c1-13-2-3-16(24-13)12-22-6-4-14(5-7-22)10-21-18(23)17-8-15(9-19)11-20-17/h2-3,8,11,14,20H,4-7,10,12H2,1H3,(H,21,23). The van der Waals surface area contributed by atoms with Crippen LogP contribution < -0.4 is 5.32 Å². The number of aromatic amines is 1. The summed E-state index contributed by atoms with van der Waals surface area (Å²) in [5, 5.41) is 11.7. The summed E-state index contributed by atoms with van der Waals surface area (Å²) in [5.41, 5.74) is 0.916. The van der Waals surface area contributed by atoms with E-state index in [9.17, 15) is 4.79 Å². The van der Waals surface area contributed by atoms with Crippen LogP contribution in [0.15, 0.2) is 28.8 Å². The number of nitrogens with zero attached hydrogens (tertiary/aromatic N) is 2. The number of nitriles is 1. The topological polar surface area (TPSA) is 85.1 Å². The van der Waals surface area contributed by atoms with E-state index in [-0.39, 0.29) is 5.91 Å². The van der Waals surface area contributed by atoms with E-state index in [4.69, 9.17) is 9.68 Å². The first kappa shape index (κ1) is 16.3. The molecule has 0 aliphatic carbocycles. The number of nitrogens with one attached hydrogen (secondary N) is 2. The Balaban J connectivity index is 1.40. The van der Waals surface area contributed by atoms with Gasteiger partial charge in [0.2, 0.25) is 0 Å². The summed E-state index contributed by atoms with van der Waals surface area (Å²) in [6.45, 7) is 5.52. The first-order valence-corrected chi connectivity index (χ1v) is 8.28. The molecule has 0 bridgehead atoms. The minimum Gasteiger partial charge on any atom is -0.465 e. The third kappa shape index (κ3) is 4.06. The lowest BCUT2D eigenvalue weighted by atomic mass is 9.96. The van der Waals surface area contributed by atoms with Crippen molar-refractivity contribution in [2.75, 3.05) is 19.6 Å². The van der Waals surface area contributed by atoms with Gasteiger partial charge in [0.1, 0.15) is 23.3 Å². The fraction of sp³-hybridized carbons (Fsp3) is 0.444. The van der Waals surface area contributed by atoms with Gasteiger partial charge in [0.15, 0.2) is 0 Å². The first-order chi connectivity index (χ1) is 11.6. The second-order valence-electron chi connectivity index (χ2n) is 6.36. The van der Waals surface area contributed by atoms with E-state index in [1.807, 2.05) is 25.1 Å². The van der Waals surface area contributed by atoms with Crippen LogP contribution in [0.1, 0.15) is 40.4 Å². The smallest absolute Gasteiger partial charge is 0.267 e. The molecule has 6 heteroatoms. The van der Waals surface area contributed by atoms with Crippen molar-refractivity contribution in [2.24, 2.45) is 5.92 Å². The summed E-state index contributed by atoms with van der Waals surface area (Å²) in [5.74, 6) is 2.31. The average Bonchev–Trinajstić information content (AvgIpc) is 3.23. The predicted molar refractivity (Wildman–Crippen MR) is 89.3 cm³/mol. The zero-order chi connectivity index (χ0) is 16.9. The second kappa shape index (κ2) is 7.37. The maximum absolute atomic E-state index is 12.0. The molecule has 0 unspecified atom stereocenters. The SMILES string of the molecule is Cc1ccc(CN2CCC(CNC(=O)c3cc(C#N)c[nH]3)CC2)o1. The van der Waals surface area contributed by atoms with Crippen LogP contribution in [0.2, 0.25) is 0 Å². The quantitative estimate of drug-likeness (QED) is 0.884. The number of likely N-dealkylation sites (tertiary alicyclic amines) is 1. The molecule has 1 amide bonds. The lowest BCUT2D eigenvalue weighted by molar-refractivity contribution is 0.0930. The molecule has 0 atom stereocenters. The number of hydrogen-bond acceptors (Lipinski definition) is 4. The highest BCUT2D eigenvalue weighted by Gasteiger charge is 2.21. The van der Waals surface area contributed by atoms with Gasteiger partial charge in [0.05, 0.1) is 12.1 Å². The highest BCUT2D eigenvalue weighted by Crippen LogP contribution is 2.19. The monoisotopic (exact) mass is 326 g/mol. The Kier molecular flexibility index (Phi) is 5.02. The van der Waals surface area contributed by atoms with Crippen LogP contribution >= 0.6 is 0 Å². The second-order valence-corrected chi connectivity index (χ2v) is 6.36. The molecule has 2 N–H and O–H groups in total. The largest absolute Gasteiger partial charge is 0.465 e. The number of aromatic nitrogens is 1. The molecular formula is C18H22N4O2. The van der Waals surface area contributed by atoms with E-state index < -0.39 is 0 Å². The van der Waals surface area contributed by atoms with E-state index in [2.05, 4.69) is 15.2 Å². The Labute approximate surface area is 141 Å². The highest BCUT2D eigenvalue weighted by molar-refractivity contribution is 5.92. The Morgan fingerprint density at radius 2 is 2.25 bits per heavy atom. The molecule has 1 aliphatic heterocycles. The Bertz CT molecular complexity index is 732. The van der Waals surface area contributed by atoms with Crippen molar-refractivity contribution < 1.29 is 9.21 Å². The molecule has 6 nitrogen and oxygen atoms in total. The van der Waals surface area contributed by atoms with Gasteiger partial charge in [-0.1, -0.05) is 0 Å². The average molecular weight is 326 g/mol. The number of furan rings is 1. The van der Waals surface area contributed by atoms with Crippen LogP contribution in [0.5, 0.6) is 0 Å². The molecule has 3 heterocycles. The number of amides is 1. The first-order valence-electron chi connectivity index (χ1n) is 8.28. The summed E-state index contributed by atoms with van der Waals surface area (Å²) < 4.78 is 5.63. The molecule has 1 fully saturated rings. The molecule has 2 aromatic heterocycles. The lowest BCUT2D eigenvalue weighted by Crippen LogP contribution is -2.38. The molecule has 0 saturated carbocycles. The van der Waals surface area contributed by atoms with Gasteiger partial charge in [0, 0.05) is 12.7 Å². The fourth-order valence-electron chi connectivity index (χ4n) is 3.06. The van der Waals surface area contributed by atoms with Crippen molar-refractivity contribution in [3.05, 3.63) is 47.2 Å². The van der Waals surface area contributed by atoms with Crippen molar-refractivity contribution in [1.29, 1.82) is 5.26 Å². The summed E-state index contributed by atoms with van der Waals surface area (Å²) in [6.07, 6.45) is 3.67. The number of rotatable bonds is 5. The van der Waals surface area contributed by atoms with Gasteiger partial charge in [-0.05, 0) is 57.0 Å². The third-order valence-corrected chi connectivity index (χ3v) is 4.49. The fourth-order valence-corrected chi connectivity index (χ4v) is 3.06. The summed E-state index contributed by atoms with van der Waals surface area (Å²) in [6, 6.07) is 7.61. The van der Waals surface area contributed by atoms with Crippen LogP contribution in [0.3, 0.4) is 0 Å². The number of carbonyl (C=O) groups excluding carboxylic acids is 1. The molecule has 1 aliphatic rings. The summed E-state index contributed by atoms with van der Waals surface area (Å²) in [4.78, 5) is 17.3. The molecule has 1 saturated heterocycles. The van der Waals surface area contributed by atoms with Crippen molar-refractivity contribution in [2.45, 2.75) is 26.3 Å². The van der Waals surface area contributed by atoms with Gasteiger partial charge in [0.25, 0.3) is 5.91 Å². The van der Waals surface area contributed by atoms with Crippen molar-refractivity contribution in [1.82, 2.24) is 15.2 Å². The molecule has 3 rings (SSSR count). The third-order valence-electron chi connectivity index (χ3n) is 4.49. The molecular weight excluding hydrogens is 304 g/mol. The van der Waals surface area contributed by atoms with Crippen LogP contribution in [0.4, 0.5) is 0 Å². The number of H-pyrrole nitrogens is 1. The van der Waals surface area contributed by atoms with E-state index >= 15 is 0 Å². The van der Waals surface area contributed by atoms with Gasteiger partial charge >= 0.3 is 0 Å². The van der Waals surface area contributed by atoms with Crippen molar-refractivity contribution in [3.8, 4) is 6.07 Å². The molecule has 0 radical (unpaired) electrons. The molecule has 0 spiro atoms. The predicted octanol–water partition coefficient (Wildman–Crippen LogP) is 2.43. The maximum Gasteiger partial charge on any atom is 0.267 e. The summed E-state index contributed by atoms with van der Waals surface area (Å²) >= 11 is 0. The van der Waals surface area contributed by atoms with Gasteiger partial charge in [-0.25, -0.2) is 0 Å². The lowest BCUT2D eigenvalue weighted by Gasteiger charge is -2.31. The Hall–Kier alpha value is -2.52. The van der Waals surface area contributed by atoms with Crippen LogP contribution in [0.25, 0.3) is 0 Å². The van der Waals surface area contributed by atoms with Gasteiger partial charge in [-0.3, -0.25) is 9.69 Å². The van der Waals surface area contributed by atoms with E-state index in [1.54, 1.807) is 12.3 Å². The molecule has 2 aromatic rings. The summed E-state index contributed by atoms with van der Waals surface area (Å²) in [7, 11) is 0. The van der Waals surface area contributed by atoms with E-state index in [0.717, 1.165) is 44.0 Å². The molecule has 0 aromatic carbocycles. The number of hydrogen-bond donors (Lipinski definition) is 2. The molecule has 24 heavy (non-hydrogen) atoms. The maximum atomic E-state index is 12.0. The van der Waals surface area contributed by atoms with Gasteiger partial charge in [-0.2, -0.15) is 5.26 Å². The van der Waals surface area contributed by atoms with E-state index in [0.29, 0.717) is 23.7 Å². The van der Waals surface area contributed by atoms with Crippen LogP contribution in [-0.2, 0) is 6.54 Å². The van der Waals surface area contributed by atoms with Crippen molar-refractivity contribution in [3.63, 3.8) is 0 Å². The van der Waals surface area contributed by atoms with E-state index in [1.165, 1.54) is 0 Å². The normalized spacial score (nSPS) is 16.0. The van der Waals surface area contributed by atoms with Gasteiger partial charge < -0.3 is 14.7 Å². The minimum absolute atomic E-state index is 0.148. The van der Waals surface area contributed by atoms with Crippen LogP contribution in [-0.4, -0.2) is 35.4 Å². The Morgan fingerprint density at radius 1 is 1.46 bits per heavy atom. The van der Waals surface area contributed by atoms with Crippen LogP contribution in [0, 0.1) is 24.2 Å². The number of carbonyl (C=O) groups is 1. The van der Waals surface area contributed by atoms with Gasteiger partial charge in [-0.15, -0.1) is 0 Å². The molecule has 126 valence electrons. The zero-order valence-corrected chi connectivity index (χ0v) is 13.8. The zero-order valence-electron chi connectivity index (χ0n) is 13.8.